The van der Waals surface area contributed by atoms with Crippen LogP contribution in [-0.2, 0) is 14.8 Å². The Labute approximate surface area is 212 Å². The largest absolute Gasteiger partial charge is 0.497 e. The number of carboxylic acids is 1. The monoisotopic (exact) mass is 518 g/mol. The maximum absolute atomic E-state index is 12.7. The predicted octanol–water partition coefficient (Wildman–Crippen LogP) is 3.33. The molecule has 0 radical (unpaired) electrons. The van der Waals surface area contributed by atoms with E-state index in [1.54, 1.807) is 14.2 Å². The molecule has 1 saturated heterocycles. The number of ether oxygens (including phenoxy) is 3. The van der Waals surface area contributed by atoms with Crippen molar-refractivity contribution in [2.24, 2.45) is 5.92 Å². The molecule has 2 aliphatic rings. The minimum Gasteiger partial charge on any atom is -0.497 e. The van der Waals surface area contributed by atoms with E-state index < -0.39 is 28.0 Å². The van der Waals surface area contributed by atoms with Crippen molar-refractivity contribution in [1.82, 2.24) is 9.21 Å². The number of aliphatic carboxylic acids is 1. The van der Waals surface area contributed by atoms with Gasteiger partial charge in [-0.2, -0.15) is 0 Å². The molecule has 1 fully saturated rings. The van der Waals surface area contributed by atoms with Gasteiger partial charge in [-0.15, -0.1) is 0 Å². The molecule has 36 heavy (non-hydrogen) atoms. The summed E-state index contributed by atoms with van der Waals surface area (Å²) in [6.45, 7) is 3.26. The Morgan fingerprint density at radius 3 is 2.50 bits per heavy atom. The van der Waals surface area contributed by atoms with Gasteiger partial charge in [0.05, 0.1) is 18.8 Å². The molecule has 1 unspecified atom stereocenters. The van der Waals surface area contributed by atoms with E-state index in [0.29, 0.717) is 36.8 Å². The number of fused-ring (bicyclic) bond motifs is 1. The molecule has 0 aromatic heterocycles. The van der Waals surface area contributed by atoms with Crippen LogP contribution in [0.2, 0.25) is 0 Å². The highest BCUT2D eigenvalue weighted by molar-refractivity contribution is 7.89. The molecule has 2 aromatic carbocycles. The van der Waals surface area contributed by atoms with Crippen molar-refractivity contribution >= 4 is 16.0 Å². The van der Waals surface area contributed by atoms with Gasteiger partial charge in [0.25, 0.3) is 0 Å². The Bertz CT molecular complexity index is 1170. The smallest absolute Gasteiger partial charge is 0.309 e. The first-order chi connectivity index (χ1) is 17.2. The lowest BCUT2D eigenvalue weighted by molar-refractivity contribution is -0.143. The summed E-state index contributed by atoms with van der Waals surface area (Å²) >= 11 is 0. The Morgan fingerprint density at radius 1 is 1.14 bits per heavy atom. The SMILES string of the molecule is CCCCS(=O)(=O)N(C)CCN1CC(c2ccc3c(c2)OCO3)[C@H](C(=O)O)[C@H]1c1ccc(OC)cc1. The molecule has 1 N–H and O–H groups in total. The molecule has 196 valence electrons. The van der Waals surface area contributed by atoms with Gasteiger partial charge in [0.15, 0.2) is 11.5 Å². The fourth-order valence-electron chi connectivity index (χ4n) is 5.03. The van der Waals surface area contributed by atoms with Gasteiger partial charge in [-0.25, -0.2) is 12.7 Å². The van der Waals surface area contributed by atoms with Crippen LogP contribution in [0.1, 0.15) is 42.9 Å². The first-order valence-corrected chi connectivity index (χ1v) is 13.8. The molecule has 0 spiro atoms. The van der Waals surface area contributed by atoms with Crippen LogP contribution in [0.3, 0.4) is 0 Å². The van der Waals surface area contributed by atoms with E-state index in [0.717, 1.165) is 17.5 Å². The lowest BCUT2D eigenvalue weighted by atomic mass is 9.82. The highest BCUT2D eigenvalue weighted by Gasteiger charge is 2.47. The van der Waals surface area contributed by atoms with Crippen molar-refractivity contribution in [2.75, 3.05) is 46.3 Å². The minimum absolute atomic E-state index is 0.111. The molecule has 0 aliphatic carbocycles. The third kappa shape index (κ3) is 5.45. The highest BCUT2D eigenvalue weighted by Crippen LogP contribution is 2.47. The van der Waals surface area contributed by atoms with Crippen LogP contribution >= 0.6 is 0 Å². The van der Waals surface area contributed by atoms with E-state index in [4.69, 9.17) is 14.2 Å². The Morgan fingerprint density at radius 2 is 1.83 bits per heavy atom. The van der Waals surface area contributed by atoms with Crippen molar-refractivity contribution in [1.29, 1.82) is 0 Å². The van der Waals surface area contributed by atoms with Crippen LogP contribution in [0.4, 0.5) is 0 Å². The van der Waals surface area contributed by atoms with Gasteiger partial charge in [0, 0.05) is 38.6 Å². The summed E-state index contributed by atoms with van der Waals surface area (Å²) in [5, 5.41) is 10.4. The Hall–Kier alpha value is -2.82. The van der Waals surface area contributed by atoms with Gasteiger partial charge >= 0.3 is 5.97 Å². The van der Waals surface area contributed by atoms with Crippen LogP contribution in [0.25, 0.3) is 0 Å². The quantitative estimate of drug-likeness (QED) is 0.483. The second-order valence-electron chi connectivity index (χ2n) is 9.29. The maximum atomic E-state index is 12.7. The molecular formula is C26H34N2O7S. The summed E-state index contributed by atoms with van der Waals surface area (Å²) in [6, 6.07) is 12.5. The number of likely N-dealkylation sites (N-methyl/N-ethyl adjacent to an activating group) is 1. The van der Waals surface area contributed by atoms with Crippen LogP contribution in [-0.4, -0.2) is 75.0 Å². The number of benzene rings is 2. The standard InChI is InChI=1S/C26H34N2O7S/c1-4-5-14-36(31,32)27(2)12-13-28-16-21(19-8-11-22-23(15-19)35-17-34-22)24(26(29)30)25(28)18-6-9-20(33-3)10-7-18/h6-11,15,21,24-25H,4-5,12-14,16-17H2,1-3H3,(H,29,30)/t21?,24-,25+/m0/s1. The number of carbonyl (C=O) groups is 1. The van der Waals surface area contributed by atoms with Gasteiger partial charge in [-0.05, 0) is 41.8 Å². The van der Waals surface area contributed by atoms with Crippen molar-refractivity contribution in [3.05, 3.63) is 53.6 Å². The summed E-state index contributed by atoms with van der Waals surface area (Å²) < 4.78 is 42.9. The molecule has 10 heteroatoms. The third-order valence-corrected chi connectivity index (χ3v) is 9.04. The van der Waals surface area contributed by atoms with Gasteiger partial charge in [-0.1, -0.05) is 31.5 Å². The number of carboxylic acid groups (broad SMARTS) is 1. The number of rotatable bonds is 11. The van der Waals surface area contributed by atoms with Crippen molar-refractivity contribution in [3.63, 3.8) is 0 Å². The molecule has 0 bridgehead atoms. The first kappa shape index (κ1) is 26.2. The lowest BCUT2D eigenvalue weighted by Gasteiger charge is -2.29. The third-order valence-electron chi connectivity index (χ3n) is 7.10. The summed E-state index contributed by atoms with van der Waals surface area (Å²) in [7, 11) is -0.189. The van der Waals surface area contributed by atoms with E-state index in [1.165, 1.54) is 4.31 Å². The second kappa shape index (κ2) is 11.1. The topological polar surface area (TPSA) is 106 Å². The highest BCUT2D eigenvalue weighted by atomic mass is 32.2. The number of likely N-dealkylation sites (tertiary alicyclic amines) is 1. The fraction of sp³-hybridized carbons (Fsp3) is 0.500. The van der Waals surface area contributed by atoms with Gasteiger partial charge in [0.2, 0.25) is 16.8 Å². The molecule has 0 amide bonds. The van der Waals surface area contributed by atoms with Crippen LogP contribution < -0.4 is 14.2 Å². The van der Waals surface area contributed by atoms with E-state index in [-0.39, 0.29) is 25.0 Å². The average Bonchev–Trinajstić information content (AvgIpc) is 3.50. The number of nitrogens with zero attached hydrogens (tertiary/aromatic N) is 2. The Balaban J connectivity index is 1.64. The van der Waals surface area contributed by atoms with E-state index in [1.807, 2.05) is 49.4 Å². The fourth-order valence-corrected chi connectivity index (χ4v) is 6.36. The van der Waals surface area contributed by atoms with Gasteiger partial charge in [0.1, 0.15) is 5.75 Å². The number of hydrogen-bond donors (Lipinski definition) is 1. The molecule has 2 aliphatic heterocycles. The summed E-state index contributed by atoms with van der Waals surface area (Å²) in [4.78, 5) is 14.8. The summed E-state index contributed by atoms with van der Waals surface area (Å²) in [6.07, 6.45) is 1.41. The predicted molar refractivity (Wildman–Crippen MR) is 135 cm³/mol. The van der Waals surface area contributed by atoms with Crippen molar-refractivity contribution < 1.29 is 32.5 Å². The molecule has 4 rings (SSSR count). The van der Waals surface area contributed by atoms with E-state index >= 15 is 0 Å². The van der Waals surface area contributed by atoms with E-state index in [2.05, 4.69) is 4.90 Å². The molecule has 9 nitrogen and oxygen atoms in total. The summed E-state index contributed by atoms with van der Waals surface area (Å²) in [5.41, 5.74) is 1.71. The van der Waals surface area contributed by atoms with Crippen molar-refractivity contribution in [3.8, 4) is 17.2 Å². The van der Waals surface area contributed by atoms with Crippen molar-refractivity contribution in [2.45, 2.75) is 31.7 Å². The van der Waals surface area contributed by atoms with Crippen LogP contribution in [0, 0.1) is 5.92 Å². The van der Waals surface area contributed by atoms with E-state index in [9.17, 15) is 18.3 Å². The van der Waals surface area contributed by atoms with Gasteiger partial charge in [-0.3, -0.25) is 9.69 Å². The number of hydrogen-bond acceptors (Lipinski definition) is 7. The maximum Gasteiger partial charge on any atom is 0.309 e. The molecule has 3 atom stereocenters. The second-order valence-corrected chi connectivity index (χ2v) is 11.5. The summed E-state index contributed by atoms with van der Waals surface area (Å²) in [5.74, 6) is 0.101. The van der Waals surface area contributed by atoms with Crippen LogP contribution in [0.5, 0.6) is 17.2 Å². The normalized spacial score (nSPS) is 21.7. The Kier molecular flexibility index (Phi) is 8.07. The lowest BCUT2D eigenvalue weighted by Crippen LogP contribution is -2.38. The number of methoxy groups -OCH3 is 1. The molecule has 0 saturated carbocycles. The molecular weight excluding hydrogens is 484 g/mol. The zero-order valence-electron chi connectivity index (χ0n) is 20.9. The average molecular weight is 519 g/mol. The number of sulfonamides is 1. The van der Waals surface area contributed by atoms with Crippen LogP contribution in [0.15, 0.2) is 42.5 Å². The molecule has 2 heterocycles. The zero-order valence-corrected chi connectivity index (χ0v) is 21.7. The molecule has 2 aromatic rings. The van der Waals surface area contributed by atoms with Gasteiger partial charge < -0.3 is 19.3 Å². The minimum atomic E-state index is -3.36. The number of unbranched alkanes of at least 4 members (excludes halogenated alkanes) is 1. The zero-order chi connectivity index (χ0) is 25.9. The first-order valence-electron chi connectivity index (χ1n) is 12.2.